The highest BCUT2D eigenvalue weighted by Crippen LogP contribution is 2.29. The van der Waals surface area contributed by atoms with Gasteiger partial charge in [0.25, 0.3) is 0 Å². The molecule has 3 heteroatoms. The molecule has 2 nitrogen and oxygen atoms in total. The Bertz CT molecular complexity index is 555. The molecule has 1 fully saturated rings. The molecule has 1 N–H and O–H groups in total. The van der Waals surface area contributed by atoms with Crippen LogP contribution in [-0.2, 0) is 6.54 Å². The molecular weight excluding hydrogens is 270 g/mol. The van der Waals surface area contributed by atoms with E-state index in [0.29, 0.717) is 11.3 Å². The summed E-state index contributed by atoms with van der Waals surface area (Å²) in [6.07, 6.45) is 9.43. The van der Waals surface area contributed by atoms with Crippen molar-refractivity contribution in [3.05, 3.63) is 35.0 Å². The zero-order valence-electron chi connectivity index (χ0n) is 11.8. The second-order valence-corrected chi connectivity index (χ2v) is 6.12. The Hall–Kier alpha value is -0.990. The third-order valence-electron chi connectivity index (χ3n) is 4.32. The minimum Gasteiger partial charge on any atom is -0.444 e. The molecule has 0 bridgehead atoms. The maximum atomic E-state index is 6.24. The summed E-state index contributed by atoms with van der Waals surface area (Å²) in [7, 11) is 0. The number of para-hydroxylation sites is 1. The Morgan fingerprint density at radius 1 is 1.05 bits per heavy atom. The van der Waals surface area contributed by atoms with E-state index in [2.05, 4.69) is 11.4 Å². The minimum atomic E-state index is 0.532. The van der Waals surface area contributed by atoms with Gasteiger partial charge in [-0.05, 0) is 30.5 Å². The molecule has 0 radical (unpaired) electrons. The Kier molecular flexibility index (Phi) is 4.64. The first kappa shape index (κ1) is 14.0. The summed E-state index contributed by atoms with van der Waals surface area (Å²) < 4.78 is 5.61. The van der Waals surface area contributed by atoms with Gasteiger partial charge in [0.2, 0.25) is 0 Å². The second kappa shape index (κ2) is 6.64. The Balaban J connectivity index is 1.68. The fourth-order valence-corrected chi connectivity index (χ4v) is 3.39. The summed E-state index contributed by atoms with van der Waals surface area (Å²) in [4.78, 5) is 0. The molecule has 1 aliphatic rings. The van der Waals surface area contributed by atoms with Crippen molar-refractivity contribution in [3.63, 3.8) is 0 Å². The zero-order valence-corrected chi connectivity index (χ0v) is 12.6. The van der Waals surface area contributed by atoms with Crippen LogP contribution in [0.2, 0.25) is 5.22 Å². The molecule has 1 saturated carbocycles. The first-order valence-corrected chi connectivity index (χ1v) is 8.11. The quantitative estimate of drug-likeness (QED) is 0.831. The lowest BCUT2D eigenvalue weighted by Crippen LogP contribution is -2.29. The highest BCUT2D eigenvalue weighted by molar-refractivity contribution is 6.30. The summed E-state index contributed by atoms with van der Waals surface area (Å²) in [6, 6.07) is 8.70. The number of benzene rings is 1. The van der Waals surface area contributed by atoms with Crippen LogP contribution in [0.25, 0.3) is 11.0 Å². The first-order valence-electron chi connectivity index (χ1n) is 7.74. The SMILES string of the molecule is Clc1oc2ccccc2c1CNC1CCCCCCC1. The van der Waals surface area contributed by atoms with E-state index in [1.165, 1.54) is 44.9 Å². The fraction of sp³-hybridized carbons (Fsp3) is 0.529. The van der Waals surface area contributed by atoms with E-state index in [9.17, 15) is 0 Å². The molecule has 1 heterocycles. The third-order valence-corrected chi connectivity index (χ3v) is 4.63. The van der Waals surface area contributed by atoms with Crippen LogP contribution in [0.5, 0.6) is 0 Å². The van der Waals surface area contributed by atoms with Gasteiger partial charge in [-0.15, -0.1) is 0 Å². The van der Waals surface area contributed by atoms with Crippen molar-refractivity contribution in [2.45, 2.75) is 57.5 Å². The van der Waals surface area contributed by atoms with Gasteiger partial charge in [0.15, 0.2) is 5.22 Å². The van der Waals surface area contributed by atoms with E-state index in [-0.39, 0.29) is 0 Å². The monoisotopic (exact) mass is 291 g/mol. The summed E-state index contributed by atoms with van der Waals surface area (Å²) in [6.45, 7) is 0.806. The lowest BCUT2D eigenvalue weighted by molar-refractivity contribution is 0.389. The highest BCUT2D eigenvalue weighted by Gasteiger charge is 2.15. The molecule has 0 aliphatic heterocycles. The molecule has 3 rings (SSSR count). The van der Waals surface area contributed by atoms with E-state index < -0.39 is 0 Å². The van der Waals surface area contributed by atoms with Crippen molar-refractivity contribution < 1.29 is 4.42 Å². The number of rotatable bonds is 3. The van der Waals surface area contributed by atoms with Gasteiger partial charge in [-0.25, -0.2) is 0 Å². The van der Waals surface area contributed by atoms with E-state index in [1.807, 2.05) is 18.2 Å². The summed E-state index contributed by atoms with van der Waals surface area (Å²) in [5.41, 5.74) is 1.98. The van der Waals surface area contributed by atoms with Crippen LogP contribution in [0.1, 0.15) is 50.5 Å². The maximum absolute atomic E-state index is 6.24. The molecule has 1 aromatic carbocycles. The number of hydrogen-bond donors (Lipinski definition) is 1. The molecule has 1 aliphatic carbocycles. The summed E-state index contributed by atoms with van der Waals surface area (Å²) in [5.74, 6) is 0. The summed E-state index contributed by atoms with van der Waals surface area (Å²) >= 11 is 6.24. The van der Waals surface area contributed by atoms with Gasteiger partial charge in [0.1, 0.15) is 5.58 Å². The van der Waals surface area contributed by atoms with Gasteiger partial charge in [-0.3, -0.25) is 0 Å². The smallest absolute Gasteiger partial charge is 0.199 e. The van der Waals surface area contributed by atoms with Gasteiger partial charge in [0, 0.05) is 23.5 Å². The topological polar surface area (TPSA) is 25.2 Å². The van der Waals surface area contributed by atoms with Crippen molar-refractivity contribution in [1.82, 2.24) is 5.32 Å². The zero-order chi connectivity index (χ0) is 13.8. The number of hydrogen-bond acceptors (Lipinski definition) is 2. The van der Waals surface area contributed by atoms with Crippen molar-refractivity contribution in [2.24, 2.45) is 0 Å². The second-order valence-electron chi connectivity index (χ2n) is 5.77. The normalized spacial score (nSPS) is 18.1. The third kappa shape index (κ3) is 3.18. The molecule has 0 saturated heterocycles. The number of furan rings is 1. The highest BCUT2D eigenvalue weighted by atomic mass is 35.5. The fourth-order valence-electron chi connectivity index (χ4n) is 3.14. The van der Waals surface area contributed by atoms with Crippen LogP contribution in [0, 0.1) is 0 Å². The molecule has 0 amide bonds. The predicted molar refractivity (Wildman–Crippen MR) is 84.2 cm³/mol. The first-order chi connectivity index (χ1) is 9.84. The Morgan fingerprint density at radius 2 is 1.75 bits per heavy atom. The largest absolute Gasteiger partial charge is 0.444 e. The van der Waals surface area contributed by atoms with Crippen LogP contribution < -0.4 is 5.32 Å². The number of fused-ring (bicyclic) bond motifs is 1. The standard InChI is InChI=1S/C17H22ClNO/c18-17-15(14-10-6-7-11-16(14)20-17)12-19-13-8-4-2-1-3-5-9-13/h6-7,10-11,13,19H,1-5,8-9,12H2. The Labute approximate surface area is 125 Å². The van der Waals surface area contributed by atoms with Crippen LogP contribution in [0.15, 0.2) is 28.7 Å². The molecule has 0 atom stereocenters. The van der Waals surface area contributed by atoms with E-state index in [4.69, 9.17) is 16.0 Å². The van der Waals surface area contributed by atoms with Crippen molar-refractivity contribution >= 4 is 22.6 Å². The molecule has 2 aromatic rings. The average molecular weight is 292 g/mol. The molecule has 108 valence electrons. The molecule has 0 spiro atoms. The van der Waals surface area contributed by atoms with Gasteiger partial charge in [-0.1, -0.05) is 50.3 Å². The van der Waals surface area contributed by atoms with Crippen LogP contribution >= 0.6 is 11.6 Å². The van der Waals surface area contributed by atoms with Crippen LogP contribution in [0.4, 0.5) is 0 Å². The van der Waals surface area contributed by atoms with Gasteiger partial charge in [0.05, 0.1) is 0 Å². The summed E-state index contributed by atoms with van der Waals surface area (Å²) in [5, 5.41) is 5.35. The Morgan fingerprint density at radius 3 is 2.55 bits per heavy atom. The molecule has 20 heavy (non-hydrogen) atoms. The van der Waals surface area contributed by atoms with Crippen LogP contribution in [-0.4, -0.2) is 6.04 Å². The maximum Gasteiger partial charge on any atom is 0.199 e. The van der Waals surface area contributed by atoms with Crippen molar-refractivity contribution in [1.29, 1.82) is 0 Å². The van der Waals surface area contributed by atoms with Gasteiger partial charge >= 0.3 is 0 Å². The minimum absolute atomic E-state index is 0.532. The lowest BCUT2D eigenvalue weighted by Gasteiger charge is -2.20. The number of nitrogens with one attached hydrogen (secondary N) is 1. The molecule has 0 unspecified atom stereocenters. The van der Waals surface area contributed by atoms with Gasteiger partial charge < -0.3 is 9.73 Å². The van der Waals surface area contributed by atoms with E-state index >= 15 is 0 Å². The lowest BCUT2D eigenvalue weighted by atomic mass is 9.96. The van der Waals surface area contributed by atoms with Crippen LogP contribution in [0.3, 0.4) is 0 Å². The number of halogens is 1. The molecule has 1 aromatic heterocycles. The van der Waals surface area contributed by atoms with E-state index in [1.54, 1.807) is 0 Å². The van der Waals surface area contributed by atoms with Crippen molar-refractivity contribution in [3.8, 4) is 0 Å². The van der Waals surface area contributed by atoms with Gasteiger partial charge in [-0.2, -0.15) is 0 Å². The van der Waals surface area contributed by atoms with E-state index in [0.717, 1.165) is 23.1 Å². The predicted octanol–water partition coefficient (Wildman–Crippen LogP) is 5.29. The molecular formula is C17H22ClNO. The average Bonchev–Trinajstić information content (AvgIpc) is 2.73. The van der Waals surface area contributed by atoms with Crippen molar-refractivity contribution in [2.75, 3.05) is 0 Å².